The zero-order valence-electron chi connectivity index (χ0n) is 9.83. The molecule has 1 heterocycles. The van der Waals surface area contributed by atoms with Crippen LogP contribution in [-0.4, -0.2) is 16.1 Å². The van der Waals surface area contributed by atoms with Gasteiger partial charge in [-0.15, -0.1) is 0 Å². The van der Waals surface area contributed by atoms with E-state index in [2.05, 4.69) is 15.5 Å². The van der Waals surface area contributed by atoms with E-state index in [1.807, 2.05) is 6.92 Å². The molecule has 0 aliphatic heterocycles. The Labute approximate surface area is 109 Å². The maximum Gasteiger partial charge on any atom is 0.253 e. The van der Waals surface area contributed by atoms with Crippen LogP contribution in [0.2, 0.25) is 5.02 Å². The van der Waals surface area contributed by atoms with Crippen molar-refractivity contribution in [3.05, 3.63) is 46.2 Å². The minimum atomic E-state index is -0.236. The van der Waals surface area contributed by atoms with Gasteiger partial charge in [0.25, 0.3) is 5.91 Å². The van der Waals surface area contributed by atoms with Gasteiger partial charge >= 0.3 is 0 Å². The number of nitrogens with two attached hydrogens (primary N) is 1. The van der Waals surface area contributed by atoms with Crippen molar-refractivity contribution in [2.45, 2.75) is 13.5 Å². The summed E-state index contributed by atoms with van der Waals surface area (Å²) >= 11 is 5.96. The summed E-state index contributed by atoms with van der Waals surface area (Å²) < 4.78 is 0. The summed E-state index contributed by atoms with van der Waals surface area (Å²) in [4.78, 5) is 11.9. The first kappa shape index (κ1) is 12.4. The monoisotopic (exact) mass is 264 g/mol. The van der Waals surface area contributed by atoms with E-state index in [-0.39, 0.29) is 5.91 Å². The minimum absolute atomic E-state index is 0.236. The Morgan fingerprint density at radius 1 is 1.56 bits per heavy atom. The number of nitrogen functional groups attached to an aromatic ring is 1. The number of halogens is 1. The Morgan fingerprint density at radius 3 is 2.94 bits per heavy atom. The summed E-state index contributed by atoms with van der Waals surface area (Å²) in [5.74, 6) is -0.236. The average Bonchev–Trinajstić information content (AvgIpc) is 2.72. The predicted molar refractivity (Wildman–Crippen MR) is 70.4 cm³/mol. The third-order valence-corrected chi connectivity index (χ3v) is 2.92. The molecule has 6 heteroatoms. The molecular formula is C12H13ClN4O. The van der Waals surface area contributed by atoms with Gasteiger partial charge in [0, 0.05) is 23.5 Å². The zero-order valence-corrected chi connectivity index (χ0v) is 10.6. The number of anilines is 1. The van der Waals surface area contributed by atoms with Crippen molar-refractivity contribution in [1.82, 2.24) is 15.5 Å². The average molecular weight is 265 g/mol. The van der Waals surface area contributed by atoms with Crippen LogP contribution >= 0.6 is 11.6 Å². The van der Waals surface area contributed by atoms with Gasteiger partial charge in [0.1, 0.15) is 0 Å². The molecule has 2 aromatic rings. The molecule has 2 rings (SSSR count). The van der Waals surface area contributed by atoms with E-state index in [0.717, 1.165) is 11.3 Å². The zero-order chi connectivity index (χ0) is 13.1. The second kappa shape index (κ2) is 5.10. The maximum absolute atomic E-state index is 11.9. The quantitative estimate of drug-likeness (QED) is 0.740. The molecule has 18 heavy (non-hydrogen) atoms. The van der Waals surface area contributed by atoms with Gasteiger partial charge in [-0.1, -0.05) is 11.6 Å². The summed E-state index contributed by atoms with van der Waals surface area (Å²) in [6.07, 6.45) is 1.68. The molecule has 0 saturated heterocycles. The van der Waals surface area contributed by atoms with Gasteiger partial charge in [0.2, 0.25) is 0 Å². The minimum Gasteiger partial charge on any atom is -0.399 e. The Balaban J connectivity index is 2.06. The summed E-state index contributed by atoms with van der Waals surface area (Å²) in [6, 6.07) is 4.80. The van der Waals surface area contributed by atoms with E-state index in [1.54, 1.807) is 24.4 Å². The van der Waals surface area contributed by atoms with Crippen molar-refractivity contribution in [3.63, 3.8) is 0 Å². The maximum atomic E-state index is 11.9. The molecule has 0 radical (unpaired) electrons. The molecule has 0 bridgehead atoms. The van der Waals surface area contributed by atoms with Crippen molar-refractivity contribution in [2.75, 3.05) is 5.73 Å². The van der Waals surface area contributed by atoms with Crippen LogP contribution in [0.1, 0.15) is 21.6 Å². The number of hydrogen-bond donors (Lipinski definition) is 3. The normalized spacial score (nSPS) is 10.3. The summed E-state index contributed by atoms with van der Waals surface area (Å²) in [6.45, 7) is 2.30. The second-order valence-electron chi connectivity index (χ2n) is 3.94. The molecule has 94 valence electrons. The summed E-state index contributed by atoms with van der Waals surface area (Å²) in [5.41, 5.74) is 8.38. The van der Waals surface area contributed by atoms with Crippen molar-refractivity contribution >= 4 is 23.2 Å². The fourth-order valence-corrected chi connectivity index (χ4v) is 1.81. The summed E-state index contributed by atoms with van der Waals surface area (Å²) in [7, 11) is 0. The fourth-order valence-electron chi connectivity index (χ4n) is 1.54. The molecule has 0 spiro atoms. The predicted octanol–water partition coefficient (Wildman–Crippen LogP) is 1.88. The number of carbonyl (C=O) groups is 1. The van der Waals surface area contributed by atoms with E-state index in [1.165, 1.54) is 0 Å². The lowest BCUT2D eigenvalue weighted by atomic mass is 10.2. The molecular weight excluding hydrogens is 252 g/mol. The summed E-state index contributed by atoms with van der Waals surface area (Å²) in [5, 5.41) is 9.81. The molecule has 5 nitrogen and oxygen atoms in total. The highest BCUT2D eigenvalue weighted by molar-refractivity contribution is 6.34. The molecule has 0 atom stereocenters. The topological polar surface area (TPSA) is 83.8 Å². The lowest BCUT2D eigenvalue weighted by molar-refractivity contribution is 0.0951. The number of aryl methyl sites for hydroxylation is 1. The lowest BCUT2D eigenvalue weighted by Gasteiger charge is -2.06. The Kier molecular flexibility index (Phi) is 3.53. The third kappa shape index (κ3) is 2.62. The van der Waals surface area contributed by atoms with Crippen molar-refractivity contribution < 1.29 is 4.79 Å². The first-order valence-corrected chi connectivity index (χ1v) is 5.78. The van der Waals surface area contributed by atoms with E-state index >= 15 is 0 Å². The molecule has 1 aromatic heterocycles. The van der Waals surface area contributed by atoms with Crippen LogP contribution in [0.5, 0.6) is 0 Å². The van der Waals surface area contributed by atoms with Crippen molar-refractivity contribution in [2.24, 2.45) is 0 Å². The number of amides is 1. The number of hydrogen-bond acceptors (Lipinski definition) is 3. The second-order valence-corrected chi connectivity index (χ2v) is 4.35. The molecule has 0 fully saturated rings. The van der Waals surface area contributed by atoms with Gasteiger partial charge in [0.15, 0.2) is 0 Å². The first-order chi connectivity index (χ1) is 8.58. The van der Waals surface area contributed by atoms with E-state index < -0.39 is 0 Å². The van der Waals surface area contributed by atoms with Gasteiger partial charge in [-0.3, -0.25) is 9.89 Å². The van der Waals surface area contributed by atoms with E-state index in [9.17, 15) is 4.79 Å². The SMILES string of the molecule is Cc1[nH]ncc1CNC(=O)c1ccc(N)cc1Cl. The number of rotatable bonds is 3. The van der Waals surface area contributed by atoms with E-state index in [4.69, 9.17) is 17.3 Å². The number of aromatic nitrogens is 2. The van der Waals surface area contributed by atoms with Crippen molar-refractivity contribution in [1.29, 1.82) is 0 Å². The number of carbonyl (C=O) groups excluding carboxylic acids is 1. The van der Waals surface area contributed by atoms with E-state index in [0.29, 0.717) is 22.8 Å². The largest absolute Gasteiger partial charge is 0.399 e. The smallest absolute Gasteiger partial charge is 0.253 e. The van der Waals surface area contributed by atoms with Crippen LogP contribution in [0.15, 0.2) is 24.4 Å². The first-order valence-electron chi connectivity index (χ1n) is 5.40. The van der Waals surface area contributed by atoms with Crippen LogP contribution in [0.3, 0.4) is 0 Å². The molecule has 4 N–H and O–H groups in total. The van der Waals surface area contributed by atoms with Gasteiger partial charge in [-0.05, 0) is 25.1 Å². The highest BCUT2D eigenvalue weighted by atomic mass is 35.5. The van der Waals surface area contributed by atoms with Crippen LogP contribution in [-0.2, 0) is 6.54 Å². The highest BCUT2D eigenvalue weighted by Gasteiger charge is 2.10. The Hall–Kier alpha value is -2.01. The molecule has 0 aliphatic carbocycles. The number of aromatic amines is 1. The van der Waals surface area contributed by atoms with Gasteiger partial charge in [0.05, 0.1) is 16.8 Å². The molecule has 0 aliphatic rings. The fraction of sp³-hybridized carbons (Fsp3) is 0.167. The van der Waals surface area contributed by atoms with Crippen LogP contribution in [0, 0.1) is 6.92 Å². The number of nitrogens with zero attached hydrogens (tertiary/aromatic N) is 1. The molecule has 0 saturated carbocycles. The van der Waals surface area contributed by atoms with Crippen LogP contribution < -0.4 is 11.1 Å². The van der Waals surface area contributed by atoms with Gasteiger partial charge in [-0.2, -0.15) is 5.10 Å². The van der Waals surface area contributed by atoms with Crippen LogP contribution in [0.25, 0.3) is 0 Å². The highest BCUT2D eigenvalue weighted by Crippen LogP contribution is 2.19. The molecule has 0 unspecified atom stereocenters. The molecule has 1 aromatic carbocycles. The van der Waals surface area contributed by atoms with Gasteiger partial charge in [-0.25, -0.2) is 0 Å². The number of H-pyrrole nitrogens is 1. The van der Waals surface area contributed by atoms with Crippen molar-refractivity contribution in [3.8, 4) is 0 Å². The number of benzene rings is 1. The van der Waals surface area contributed by atoms with Crippen LogP contribution in [0.4, 0.5) is 5.69 Å². The standard InChI is InChI=1S/C12H13ClN4O/c1-7-8(6-16-17-7)5-15-12(18)10-3-2-9(14)4-11(10)13/h2-4,6H,5,14H2,1H3,(H,15,18)(H,16,17). The Morgan fingerprint density at radius 2 is 2.33 bits per heavy atom. The lowest BCUT2D eigenvalue weighted by Crippen LogP contribution is -2.23. The van der Waals surface area contributed by atoms with Gasteiger partial charge < -0.3 is 11.1 Å². The Bertz CT molecular complexity index is 579. The number of nitrogens with one attached hydrogen (secondary N) is 2. The third-order valence-electron chi connectivity index (χ3n) is 2.61. The molecule has 1 amide bonds.